The molecular weight excluding hydrogens is 560 g/mol. The van der Waals surface area contributed by atoms with Crippen molar-refractivity contribution in [2.45, 2.75) is 47.5 Å². The van der Waals surface area contributed by atoms with Gasteiger partial charge in [0, 0.05) is 0 Å². The second-order valence-electron chi connectivity index (χ2n) is 7.99. The van der Waals surface area contributed by atoms with Crippen molar-refractivity contribution < 1.29 is 35.3 Å². The fraction of sp³-hybridized carbons (Fsp3) is 0.308. The third-order valence-corrected chi connectivity index (χ3v) is 8.50. The van der Waals surface area contributed by atoms with Crippen LogP contribution in [0.3, 0.4) is 0 Å². The van der Waals surface area contributed by atoms with Crippen molar-refractivity contribution in [1.29, 1.82) is 0 Å². The van der Waals surface area contributed by atoms with E-state index in [4.69, 9.17) is 0 Å². The number of rotatable bonds is 5. The molecule has 0 fully saturated rings. The molecule has 30 heavy (non-hydrogen) atoms. The van der Waals surface area contributed by atoms with E-state index in [1.54, 1.807) is 10.6 Å². The predicted octanol–water partition coefficient (Wildman–Crippen LogP) is 0.903. The molecule has 0 unspecified atom stereocenters. The molecule has 4 aromatic carbocycles. The Kier molecular flexibility index (Phi) is 9.77. The minimum Gasteiger partial charge on any atom is -1.00 e. The Morgan fingerprint density at radius 1 is 0.700 bits per heavy atom. The topological polar surface area (TPSA) is 0 Å². The minimum absolute atomic E-state index is 0. The minimum atomic E-state index is -0.300. The van der Waals surface area contributed by atoms with Crippen LogP contribution in [0.25, 0.3) is 21.5 Å². The molecule has 156 valence electrons. The summed E-state index contributed by atoms with van der Waals surface area (Å²) in [5, 5.41) is 8.87. The Labute approximate surface area is 199 Å². The zero-order valence-electron chi connectivity index (χ0n) is 18.4. The number of fused-ring (bicyclic) bond motifs is 2. The van der Waals surface area contributed by atoms with E-state index in [2.05, 4.69) is 83.1 Å². The van der Waals surface area contributed by atoms with Crippen molar-refractivity contribution in [1.82, 2.24) is 0 Å². The second-order valence-corrected chi connectivity index (χ2v) is 10.3. The summed E-state index contributed by atoms with van der Waals surface area (Å²) in [6.07, 6.45) is 3.84. The zero-order valence-corrected chi connectivity index (χ0v) is 22.9. The summed E-state index contributed by atoms with van der Waals surface area (Å²) in [7, 11) is -0.300. The molecule has 0 aromatic heterocycles. The molecule has 0 saturated heterocycles. The van der Waals surface area contributed by atoms with Crippen molar-refractivity contribution in [3.63, 3.8) is 0 Å². The van der Waals surface area contributed by atoms with E-state index in [0.717, 1.165) is 0 Å². The molecule has 0 aliphatic rings. The summed E-state index contributed by atoms with van der Waals surface area (Å²) in [6.45, 7) is 11.3. The van der Waals surface area contributed by atoms with E-state index in [-0.39, 0.29) is 43.2 Å². The molecule has 0 spiro atoms. The molecule has 4 rings (SSSR count). The Bertz CT molecular complexity index is 959. The van der Waals surface area contributed by atoms with Crippen LogP contribution in [0.15, 0.2) is 48.5 Å². The van der Waals surface area contributed by atoms with Gasteiger partial charge in [-0.3, -0.25) is 0 Å². The summed E-state index contributed by atoms with van der Waals surface area (Å²) in [5.74, 6) is 0. The average molecular weight is 589 g/mol. The first kappa shape index (κ1) is 26.9. The van der Waals surface area contributed by atoms with Gasteiger partial charge < -0.3 is 9.41 Å². The van der Waals surface area contributed by atoms with Crippen molar-refractivity contribution in [2.24, 2.45) is 0 Å². The Morgan fingerprint density at radius 3 is 1.47 bits per heavy atom. The van der Waals surface area contributed by atoms with E-state index in [1.165, 1.54) is 62.8 Å². The van der Waals surface area contributed by atoms with Crippen LogP contribution in [-0.4, -0.2) is 6.16 Å². The number of aryl methyl sites for hydroxylation is 4. The van der Waals surface area contributed by atoms with Gasteiger partial charge in [0.2, 0.25) is 0 Å². The quantitative estimate of drug-likeness (QED) is 0.185. The molecule has 0 amide bonds. The molecule has 0 bridgehead atoms. The van der Waals surface area contributed by atoms with Crippen molar-refractivity contribution in [3.05, 3.63) is 70.8 Å². The maximum absolute atomic E-state index is 2.48. The van der Waals surface area contributed by atoms with Crippen LogP contribution >= 0.6 is 7.92 Å². The molecule has 0 saturated carbocycles. The van der Waals surface area contributed by atoms with Crippen molar-refractivity contribution in [3.8, 4) is 0 Å². The van der Waals surface area contributed by atoms with Crippen LogP contribution in [-0.2, 0) is 25.8 Å². The molecule has 4 heteroatoms. The van der Waals surface area contributed by atoms with Crippen LogP contribution < -0.4 is 20.0 Å². The van der Waals surface area contributed by atoms with Crippen LogP contribution in [0.2, 0.25) is 0 Å². The molecule has 0 aliphatic heterocycles. The van der Waals surface area contributed by atoms with E-state index in [0.29, 0.717) is 0 Å². The number of hydrogen-bond acceptors (Lipinski definition) is 0. The van der Waals surface area contributed by atoms with Gasteiger partial charge in [-0.2, -0.15) is 12.1 Å². The molecule has 0 N–H and O–H groups in total. The predicted molar refractivity (Wildman–Crippen MR) is 124 cm³/mol. The van der Waals surface area contributed by atoms with Crippen LogP contribution in [0, 0.1) is 27.7 Å². The zero-order chi connectivity index (χ0) is 19.1. The van der Waals surface area contributed by atoms with Gasteiger partial charge in [0.25, 0.3) is 0 Å². The SMILES string of the molecule is CCCCP(c1cc2c(C)ccc(C)c2[cH-]1)c1cc2c(C)ccc(C)c2[cH-]1.[F-].[F-].[Hf+4]. The molecule has 0 nitrogen and oxygen atoms in total. The van der Waals surface area contributed by atoms with E-state index in [9.17, 15) is 0 Å². The van der Waals surface area contributed by atoms with Crippen LogP contribution in [0.1, 0.15) is 42.0 Å². The van der Waals surface area contributed by atoms with Crippen LogP contribution in [0.4, 0.5) is 0 Å². The Balaban J connectivity index is 0.00000150. The number of benzene rings is 2. The number of halogens is 2. The average Bonchev–Trinajstić information content (AvgIpc) is 3.28. The normalized spacial score (nSPS) is 10.7. The van der Waals surface area contributed by atoms with E-state index >= 15 is 0 Å². The first-order chi connectivity index (χ1) is 13.0. The van der Waals surface area contributed by atoms with Crippen molar-refractivity contribution >= 4 is 40.1 Å². The number of unbranched alkanes of at least 4 members (excludes halogenated alkanes) is 1. The molecule has 0 atom stereocenters. The van der Waals surface area contributed by atoms with Gasteiger partial charge in [0.1, 0.15) is 0 Å². The maximum atomic E-state index is 2.48. The first-order valence-corrected chi connectivity index (χ1v) is 11.6. The fourth-order valence-corrected chi connectivity index (χ4v) is 6.77. The fourth-order valence-electron chi connectivity index (χ4n) is 4.19. The molecular formula is C26H29F2HfP. The monoisotopic (exact) mass is 590 g/mol. The van der Waals surface area contributed by atoms with Gasteiger partial charge in [-0.1, -0.05) is 58.4 Å². The Morgan fingerprint density at radius 2 is 1.10 bits per heavy atom. The largest absolute Gasteiger partial charge is 4.00 e. The summed E-state index contributed by atoms with van der Waals surface area (Å²) >= 11 is 0. The third-order valence-electron chi connectivity index (χ3n) is 5.97. The molecule has 4 aromatic rings. The third kappa shape index (κ3) is 4.83. The molecule has 0 aliphatic carbocycles. The second kappa shape index (κ2) is 10.9. The maximum Gasteiger partial charge on any atom is 4.00 e. The Hall–Kier alpha value is -1.18. The summed E-state index contributed by atoms with van der Waals surface area (Å²) in [4.78, 5) is 0. The van der Waals surface area contributed by atoms with Crippen molar-refractivity contribution in [2.75, 3.05) is 6.16 Å². The van der Waals surface area contributed by atoms with Gasteiger partial charge >= 0.3 is 25.8 Å². The summed E-state index contributed by atoms with van der Waals surface area (Å²) in [5.41, 5.74) is 5.58. The van der Waals surface area contributed by atoms with E-state index in [1.807, 2.05) is 0 Å². The van der Waals surface area contributed by atoms with Gasteiger partial charge in [0.15, 0.2) is 0 Å². The molecule has 0 radical (unpaired) electrons. The van der Waals surface area contributed by atoms with Gasteiger partial charge in [-0.05, 0) is 26.4 Å². The molecule has 0 heterocycles. The summed E-state index contributed by atoms with van der Waals surface area (Å²) in [6, 6.07) is 19.0. The van der Waals surface area contributed by atoms with Gasteiger partial charge in [-0.15, -0.1) is 67.5 Å². The standard InChI is InChI=1S/C26H29P.2FH.Hf/c1-6-7-12-27(21-13-23-17(2)8-9-18(3)24(23)14-21)22-15-25-19(4)10-11-20(5)26(25)16-22;;;/h8-11,13-16H,6-7,12H2,1-5H3;2*1H;/q-2;;;+4/p-2. The van der Waals surface area contributed by atoms with E-state index < -0.39 is 0 Å². The van der Waals surface area contributed by atoms with Gasteiger partial charge in [0.05, 0.1) is 0 Å². The number of hydrogen-bond donors (Lipinski definition) is 0. The van der Waals surface area contributed by atoms with Gasteiger partial charge in [-0.25, -0.2) is 0 Å². The smallest absolute Gasteiger partial charge is 1.00 e. The first-order valence-electron chi connectivity index (χ1n) is 10.1. The summed E-state index contributed by atoms with van der Waals surface area (Å²) < 4.78 is 0. The van der Waals surface area contributed by atoms with Crippen LogP contribution in [0.5, 0.6) is 0 Å².